The van der Waals surface area contributed by atoms with Gasteiger partial charge in [-0.15, -0.1) is 0 Å². The van der Waals surface area contributed by atoms with Gasteiger partial charge in [0.05, 0.1) is 11.3 Å². The SMILES string of the molecule is CC1(O)CCN(Cc2ccc(Br)cn2)C1. The maximum Gasteiger partial charge on any atom is 0.0758 e. The van der Waals surface area contributed by atoms with Crippen molar-refractivity contribution < 1.29 is 5.11 Å². The van der Waals surface area contributed by atoms with E-state index in [0.29, 0.717) is 0 Å². The Balaban J connectivity index is 1.96. The summed E-state index contributed by atoms with van der Waals surface area (Å²) in [6.07, 6.45) is 2.66. The van der Waals surface area contributed by atoms with Crippen LogP contribution in [-0.2, 0) is 6.54 Å². The number of likely N-dealkylation sites (tertiary alicyclic amines) is 1. The minimum atomic E-state index is -0.518. The van der Waals surface area contributed by atoms with Crippen molar-refractivity contribution in [1.29, 1.82) is 0 Å². The van der Waals surface area contributed by atoms with Gasteiger partial charge in [-0.3, -0.25) is 9.88 Å². The van der Waals surface area contributed by atoms with Crippen LogP contribution >= 0.6 is 15.9 Å². The predicted octanol–water partition coefficient (Wildman–Crippen LogP) is 1.80. The van der Waals surface area contributed by atoms with E-state index < -0.39 is 5.60 Å². The number of hydrogen-bond acceptors (Lipinski definition) is 3. The average molecular weight is 271 g/mol. The van der Waals surface area contributed by atoms with Gasteiger partial charge in [0.15, 0.2) is 0 Å². The van der Waals surface area contributed by atoms with Gasteiger partial charge in [-0.05, 0) is 41.4 Å². The molecule has 2 rings (SSSR count). The van der Waals surface area contributed by atoms with Crippen molar-refractivity contribution in [3.05, 3.63) is 28.5 Å². The van der Waals surface area contributed by atoms with Crippen molar-refractivity contribution in [3.8, 4) is 0 Å². The van der Waals surface area contributed by atoms with Crippen LogP contribution in [0.25, 0.3) is 0 Å². The molecule has 1 N–H and O–H groups in total. The molecule has 1 aromatic heterocycles. The molecule has 1 atom stereocenters. The molecule has 4 heteroatoms. The minimum absolute atomic E-state index is 0.518. The molecule has 1 aliphatic rings. The van der Waals surface area contributed by atoms with Crippen LogP contribution in [0, 0.1) is 0 Å². The highest BCUT2D eigenvalue weighted by molar-refractivity contribution is 9.10. The van der Waals surface area contributed by atoms with Gasteiger partial charge in [0.25, 0.3) is 0 Å². The van der Waals surface area contributed by atoms with Crippen LogP contribution in [-0.4, -0.2) is 33.7 Å². The van der Waals surface area contributed by atoms with E-state index >= 15 is 0 Å². The fourth-order valence-electron chi connectivity index (χ4n) is 1.90. The molecule has 2 heterocycles. The summed E-state index contributed by atoms with van der Waals surface area (Å²) >= 11 is 3.36. The molecule has 0 spiro atoms. The second kappa shape index (κ2) is 4.20. The molecule has 1 fully saturated rings. The first-order chi connectivity index (χ1) is 7.05. The number of rotatable bonds is 2. The van der Waals surface area contributed by atoms with Gasteiger partial charge in [-0.25, -0.2) is 0 Å². The third-order valence-corrected chi connectivity index (χ3v) is 3.17. The Morgan fingerprint density at radius 2 is 2.40 bits per heavy atom. The number of β-amino-alcohol motifs (C(OH)–C–C–N with tert-alkyl or cyclic N) is 1. The summed E-state index contributed by atoms with van der Waals surface area (Å²) in [4.78, 5) is 6.55. The largest absolute Gasteiger partial charge is 0.389 e. The second-order valence-corrected chi connectivity index (χ2v) is 5.34. The molecular weight excluding hydrogens is 256 g/mol. The molecule has 3 nitrogen and oxygen atoms in total. The van der Waals surface area contributed by atoms with E-state index in [0.717, 1.165) is 36.2 Å². The Kier molecular flexibility index (Phi) is 3.09. The van der Waals surface area contributed by atoms with Crippen LogP contribution in [0.5, 0.6) is 0 Å². The van der Waals surface area contributed by atoms with E-state index in [2.05, 4.69) is 25.8 Å². The molecule has 0 aliphatic carbocycles. The zero-order valence-electron chi connectivity index (χ0n) is 8.78. The first-order valence-electron chi connectivity index (χ1n) is 5.10. The molecule has 0 aromatic carbocycles. The van der Waals surface area contributed by atoms with Gasteiger partial charge in [0, 0.05) is 30.3 Å². The summed E-state index contributed by atoms with van der Waals surface area (Å²) in [6, 6.07) is 4.01. The monoisotopic (exact) mass is 270 g/mol. The van der Waals surface area contributed by atoms with Crippen LogP contribution in [0.3, 0.4) is 0 Å². The molecule has 1 aliphatic heterocycles. The quantitative estimate of drug-likeness (QED) is 0.891. The molecule has 15 heavy (non-hydrogen) atoms. The maximum absolute atomic E-state index is 9.82. The van der Waals surface area contributed by atoms with Gasteiger partial charge >= 0.3 is 0 Å². The molecule has 1 unspecified atom stereocenters. The number of hydrogen-bond donors (Lipinski definition) is 1. The third-order valence-electron chi connectivity index (χ3n) is 2.71. The summed E-state index contributed by atoms with van der Waals surface area (Å²) in [7, 11) is 0. The average Bonchev–Trinajstić information content (AvgIpc) is 2.50. The third kappa shape index (κ3) is 3.00. The van der Waals surface area contributed by atoms with Crippen LogP contribution in [0.15, 0.2) is 22.8 Å². The fourth-order valence-corrected chi connectivity index (χ4v) is 2.14. The van der Waals surface area contributed by atoms with Crippen LogP contribution in [0.2, 0.25) is 0 Å². The number of pyridine rings is 1. The lowest BCUT2D eigenvalue weighted by Gasteiger charge is -2.18. The highest BCUT2D eigenvalue weighted by Gasteiger charge is 2.31. The zero-order chi connectivity index (χ0) is 10.9. The summed E-state index contributed by atoms with van der Waals surface area (Å²) in [6.45, 7) is 4.40. The van der Waals surface area contributed by atoms with E-state index in [-0.39, 0.29) is 0 Å². The van der Waals surface area contributed by atoms with Gasteiger partial charge in [0.1, 0.15) is 0 Å². The molecular formula is C11H15BrN2O. The molecule has 0 amide bonds. The highest BCUT2D eigenvalue weighted by Crippen LogP contribution is 2.21. The number of nitrogens with zero attached hydrogens (tertiary/aromatic N) is 2. The molecule has 0 saturated carbocycles. The summed E-state index contributed by atoms with van der Waals surface area (Å²) in [5.41, 5.74) is 0.533. The van der Waals surface area contributed by atoms with Crippen molar-refractivity contribution >= 4 is 15.9 Å². The van der Waals surface area contributed by atoms with Crippen molar-refractivity contribution in [2.45, 2.75) is 25.5 Å². The Morgan fingerprint density at radius 1 is 1.60 bits per heavy atom. The van der Waals surface area contributed by atoms with Crippen molar-refractivity contribution in [3.63, 3.8) is 0 Å². The van der Waals surface area contributed by atoms with E-state index in [1.165, 1.54) is 0 Å². The van der Waals surface area contributed by atoms with E-state index in [1.54, 1.807) is 0 Å². The van der Waals surface area contributed by atoms with Crippen LogP contribution < -0.4 is 0 Å². The van der Waals surface area contributed by atoms with Crippen molar-refractivity contribution in [2.24, 2.45) is 0 Å². The summed E-state index contributed by atoms with van der Waals surface area (Å²) in [5.74, 6) is 0. The Labute approximate surface area is 98.3 Å². The smallest absolute Gasteiger partial charge is 0.0758 e. The summed E-state index contributed by atoms with van der Waals surface area (Å²) in [5, 5.41) is 9.82. The molecule has 0 radical (unpaired) electrons. The lowest BCUT2D eigenvalue weighted by Crippen LogP contribution is -2.29. The first-order valence-corrected chi connectivity index (χ1v) is 5.90. The van der Waals surface area contributed by atoms with Crippen molar-refractivity contribution in [1.82, 2.24) is 9.88 Å². The summed E-state index contributed by atoms with van der Waals surface area (Å²) < 4.78 is 1.000. The van der Waals surface area contributed by atoms with E-state index in [1.807, 2.05) is 25.3 Å². The molecule has 1 saturated heterocycles. The molecule has 1 aromatic rings. The van der Waals surface area contributed by atoms with E-state index in [4.69, 9.17) is 0 Å². The topological polar surface area (TPSA) is 36.4 Å². The standard InChI is InChI=1S/C11H15BrN2O/c1-11(15)4-5-14(8-11)7-10-3-2-9(12)6-13-10/h2-3,6,15H,4-5,7-8H2,1H3. The molecule has 0 bridgehead atoms. The Bertz CT molecular complexity index is 337. The van der Waals surface area contributed by atoms with Gasteiger partial charge in [0.2, 0.25) is 0 Å². The first kappa shape index (κ1) is 11.0. The Hall–Kier alpha value is -0.450. The number of aliphatic hydroxyl groups is 1. The predicted molar refractivity (Wildman–Crippen MR) is 62.5 cm³/mol. The van der Waals surface area contributed by atoms with Gasteiger partial charge < -0.3 is 5.11 Å². The number of halogens is 1. The minimum Gasteiger partial charge on any atom is -0.389 e. The second-order valence-electron chi connectivity index (χ2n) is 4.43. The van der Waals surface area contributed by atoms with Gasteiger partial charge in [-0.2, -0.15) is 0 Å². The number of aromatic nitrogens is 1. The van der Waals surface area contributed by atoms with Crippen LogP contribution in [0.1, 0.15) is 19.0 Å². The lowest BCUT2D eigenvalue weighted by molar-refractivity contribution is 0.0677. The lowest BCUT2D eigenvalue weighted by atomic mass is 10.1. The Morgan fingerprint density at radius 3 is 2.93 bits per heavy atom. The fraction of sp³-hybridized carbons (Fsp3) is 0.545. The maximum atomic E-state index is 9.82. The normalized spacial score (nSPS) is 27.1. The highest BCUT2D eigenvalue weighted by atomic mass is 79.9. The molecule has 82 valence electrons. The zero-order valence-corrected chi connectivity index (χ0v) is 10.4. The van der Waals surface area contributed by atoms with Crippen molar-refractivity contribution in [2.75, 3.05) is 13.1 Å². The van der Waals surface area contributed by atoms with Crippen LogP contribution in [0.4, 0.5) is 0 Å². The van der Waals surface area contributed by atoms with E-state index in [9.17, 15) is 5.11 Å². The van der Waals surface area contributed by atoms with Gasteiger partial charge in [-0.1, -0.05) is 0 Å².